The van der Waals surface area contributed by atoms with Gasteiger partial charge in [-0.1, -0.05) is 30.3 Å². The third kappa shape index (κ3) is 3.16. The lowest BCUT2D eigenvalue weighted by Crippen LogP contribution is -2.48. The van der Waals surface area contributed by atoms with Gasteiger partial charge in [-0.3, -0.25) is 4.79 Å². The van der Waals surface area contributed by atoms with Gasteiger partial charge >= 0.3 is 5.97 Å². The highest BCUT2D eigenvalue weighted by Gasteiger charge is 2.36. The molecule has 1 aliphatic carbocycles. The van der Waals surface area contributed by atoms with Gasteiger partial charge in [-0.25, -0.2) is 4.79 Å². The minimum absolute atomic E-state index is 0.0311. The fourth-order valence-corrected chi connectivity index (χ4v) is 3.75. The van der Waals surface area contributed by atoms with Gasteiger partial charge in [0.25, 0.3) is 0 Å². The summed E-state index contributed by atoms with van der Waals surface area (Å²) >= 11 is 0. The van der Waals surface area contributed by atoms with Crippen molar-refractivity contribution in [3.63, 3.8) is 0 Å². The maximum atomic E-state index is 12.4. The average molecular weight is 301 g/mol. The number of likely N-dealkylation sites (tertiary alicyclic amines) is 1. The molecule has 3 rings (SSSR count). The molecule has 1 aromatic carbocycles. The first-order valence-electron chi connectivity index (χ1n) is 8.22. The number of rotatable bonds is 4. The number of benzene rings is 1. The first-order chi connectivity index (χ1) is 10.6. The summed E-state index contributed by atoms with van der Waals surface area (Å²) in [7, 11) is 0. The van der Waals surface area contributed by atoms with Gasteiger partial charge in [0.15, 0.2) is 0 Å². The minimum atomic E-state index is -0.858. The molecule has 2 aliphatic rings. The lowest BCUT2D eigenvalue weighted by molar-refractivity contribution is -0.152. The van der Waals surface area contributed by atoms with Gasteiger partial charge in [0.05, 0.1) is 0 Å². The van der Waals surface area contributed by atoms with Crippen LogP contribution in [0.15, 0.2) is 30.3 Å². The van der Waals surface area contributed by atoms with Crippen LogP contribution >= 0.6 is 0 Å². The average Bonchev–Trinajstić information content (AvgIpc) is 2.51. The Morgan fingerprint density at radius 1 is 1.14 bits per heavy atom. The maximum absolute atomic E-state index is 12.4. The van der Waals surface area contributed by atoms with Crippen molar-refractivity contribution < 1.29 is 14.7 Å². The van der Waals surface area contributed by atoms with Crippen molar-refractivity contribution in [2.45, 2.75) is 50.5 Å². The molecule has 4 nitrogen and oxygen atoms in total. The van der Waals surface area contributed by atoms with Crippen LogP contribution in [0.1, 0.15) is 50.0 Å². The monoisotopic (exact) mass is 301 g/mol. The Kier molecular flexibility index (Phi) is 4.46. The predicted octanol–water partition coefficient (Wildman–Crippen LogP) is 3.04. The highest BCUT2D eigenvalue weighted by Crippen LogP contribution is 2.43. The molecule has 2 fully saturated rings. The van der Waals surface area contributed by atoms with Gasteiger partial charge in [0.2, 0.25) is 5.91 Å². The van der Waals surface area contributed by atoms with E-state index in [1.807, 2.05) is 6.07 Å². The SMILES string of the molecule is O=C(O)C1CCCCN1C(=O)CC1CC(c2ccccc2)C1. The molecule has 0 aromatic heterocycles. The molecule has 0 radical (unpaired) electrons. The van der Waals surface area contributed by atoms with Crippen molar-refractivity contribution in [1.82, 2.24) is 4.90 Å². The third-order valence-corrected chi connectivity index (χ3v) is 5.08. The number of aliphatic carboxylic acids is 1. The van der Waals surface area contributed by atoms with E-state index in [9.17, 15) is 14.7 Å². The van der Waals surface area contributed by atoms with E-state index in [1.165, 1.54) is 5.56 Å². The zero-order valence-corrected chi connectivity index (χ0v) is 12.8. The Hall–Kier alpha value is -1.84. The summed E-state index contributed by atoms with van der Waals surface area (Å²) in [4.78, 5) is 25.3. The topological polar surface area (TPSA) is 57.6 Å². The van der Waals surface area contributed by atoms with Gasteiger partial charge in [0, 0.05) is 13.0 Å². The molecular weight excluding hydrogens is 278 g/mol. The minimum Gasteiger partial charge on any atom is -0.480 e. The van der Waals surface area contributed by atoms with Crippen LogP contribution in [0.4, 0.5) is 0 Å². The van der Waals surface area contributed by atoms with Crippen molar-refractivity contribution in [3.05, 3.63) is 35.9 Å². The zero-order valence-electron chi connectivity index (χ0n) is 12.8. The quantitative estimate of drug-likeness (QED) is 0.930. The standard InChI is InChI=1S/C18H23NO3/c20-17(19-9-5-4-8-16(19)18(21)22)12-13-10-15(11-13)14-6-2-1-3-7-14/h1-3,6-7,13,15-16H,4-5,8-12H2,(H,21,22). The molecule has 1 aliphatic heterocycles. The van der Waals surface area contributed by atoms with Crippen LogP contribution < -0.4 is 0 Å². The van der Waals surface area contributed by atoms with Crippen LogP contribution in [0.25, 0.3) is 0 Å². The van der Waals surface area contributed by atoms with Gasteiger partial charge < -0.3 is 10.0 Å². The predicted molar refractivity (Wildman–Crippen MR) is 83.5 cm³/mol. The lowest BCUT2D eigenvalue weighted by atomic mass is 9.70. The molecule has 1 unspecified atom stereocenters. The van der Waals surface area contributed by atoms with E-state index < -0.39 is 12.0 Å². The van der Waals surface area contributed by atoms with Gasteiger partial charge in [-0.05, 0) is 49.5 Å². The largest absolute Gasteiger partial charge is 0.480 e. The summed E-state index contributed by atoms with van der Waals surface area (Å²) in [6, 6.07) is 9.82. The summed E-state index contributed by atoms with van der Waals surface area (Å²) < 4.78 is 0. The molecule has 1 saturated carbocycles. The van der Waals surface area contributed by atoms with Crippen molar-refractivity contribution in [2.24, 2.45) is 5.92 Å². The van der Waals surface area contributed by atoms with E-state index in [0.717, 1.165) is 25.7 Å². The third-order valence-electron chi connectivity index (χ3n) is 5.08. The molecule has 22 heavy (non-hydrogen) atoms. The summed E-state index contributed by atoms with van der Waals surface area (Å²) in [6.07, 6.45) is 5.02. The molecule has 1 aromatic rings. The number of carbonyl (C=O) groups is 2. The number of hydrogen-bond acceptors (Lipinski definition) is 2. The van der Waals surface area contributed by atoms with E-state index in [-0.39, 0.29) is 5.91 Å². The van der Waals surface area contributed by atoms with Crippen LogP contribution in [-0.2, 0) is 9.59 Å². The number of piperidine rings is 1. The van der Waals surface area contributed by atoms with Crippen LogP contribution in [0.3, 0.4) is 0 Å². The molecule has 0 bridgehead atoms. The van der Waals surface area contributed by atoms with Crippen molar-refractivity contribution in [2.75, 3.05) is 6.54 Å². The lowest BCUT2D eigenvalue weighted by Gasteiger charge is -2.38. The number of amides is 1. The maximum Gasteiger partial charge on any atom is 0.326 e. The fraction of sp³-hybridized carbons (Fsp3) is 0.556. The van der Waals surface area contributed by atoms with E-state index in [0.29, 0.717) is 31.2 Å². The van der Waals surface area contributed by atoms with E-state index in [4.69, 9.17) is 0 Å². The number of carboxylic acid groups (broad SMARTS) is 1. The highest BCUT2D eigenvalue weighted by molar-refractivity contribution is 5.84. The summed E-state index contributed by atoms with van der Waals surface area (Å²) in [5.41, 5.74) is 1.35. The van der Waals surface area contributed by atoms with Gasteiger partial charge in [-0.15, -0.1) is 0 Å². The van der Waals surface area contributed by atoms with E-state index in [1.54, 1.807) is 4.90 Å². The highest BCUT2D eigenvalue weighted by atomic mass is 16.4. The Morgan fingerprint density at radius 2 is 1.86 bits per heavy atom. The molecule has 0 spiro atoms. The molecule has 118 valence electrons. The molecule has 1 N–H and O–H groups in total. The number of hydrogen-bond donors (Lipinski definition) is 1. The second-order valence-electron chi connectivity index (χ2n) is 6.59. The Bertz CT molecular complexity index is 537. The fourth-order valence-electron chi connectivity index (χ4n) is 3.75. The van der Waals surface area contributed by atoms with E-state index in [2.05, 4.69) is 24.3 Å². The molecule has 1 atom stereocenters. The smallest absolute Gasteiger partial charge is 0.326 e. The van der Waals surface area contributed by atoms with Gasteiger partial charge in [0.1, 0.15) is 6.04 Å². The molecular formula is C18H23NO3. The first kappa shape index (κ1) is 15.1. The number of carbonyl (C=O) groups excluding carboxylic acids is 1. The number of nitrogens with zero attached hydrogens (tertiary/aromatic N) is 1. The van der Waals surface area contributed by atoms with Crippen LogP contribution in [-0.4, -0.2) is 34.5 Å². The van der Waals surface area contributed by atoms with Crippen molar-refractivity contribution in [1.29, 1.82) is 0 Å². The van der Waals surface area contributed by atoms with Crippen LogP contribution in [0.5, 0.6) is 0 Å². The first-order valence-corrected chi connectivity index (χ1v) is 8.22. The van der Waals surface area contributed by atoms with Gasteiger partial charge in [-0.2, -0.15) is 0 Å². The van der Waals surface area contributed by atoms with Crippen molar-refractivity contribution in [3.8, 4) is 0 Å². The second kappa shape index (κ2) is 6.51. The normalized spacial score (nSPS) is 28.0. The Balaban J connectivity index is 1.52. The molecule has 4 heteroatoms. The number of carboxylic acids is 1. The Morgan fingerprint density at radius 3 is 2.55 bits per heavy atom. The van der Waals surface area contributed by atoms with Crippen LogP contribution in [0, 0.1) is 5.92 Å². The van der Waals surface area contributed by atoms with Crippen molar-refractivity contribution >= 4 is 11.9 Å². The summed E-state index contributed by atoms with van der Waals surface area (Å²) in [5.74, 6) is 0.150. The Labute approximate surface area is 131 Å². The summed E-state index contributed by atoms with van der Waals surface area (Å²) in [5, 5.41) is 9.26. The van der Waals surface area contributed by atoms with Crippen LogP contribution in [0.2, 0.25) is 0 Å². The molecule has 1 saturated heterocycles. The molecule has 1 heterocycles. The second-order valence-corrected chi connectivity index (χ2v) is 6.59. The molecule has 1 amide bonds. The van der Waals surface area contributed by atoms with E-state index >= 15 is 0 Å². The summed E-state index contributed by atoms with van der Waals surface area (Å²) in [6.45, 7) is 0.602. The zero-order chi connectivity index (χ0) is 15.5.